The molecule has 0 aliphatic heterocycles. The van der Waals surface area contributed by atoms with Crippen LogP contribution in [-0.2, 0) is 0 Å². The molecule has 0 aliphatic carbocycles. The third-order valence-corrected chi connectivity index (χ3v) is 4.52. The maximum Gasteiger partial charge on any atom is 0.322 e. The van der Waals surface area contributed by atoms with Gasteiger partial charge in [0, 0.05) is 42.9 Å². The van der Waals surface area contributed by atoms with Crippen LogP contribution in [0.25, 0.3) is 11.3 Å². The maximum absolute atomic E-state index is 12.5. The van der Waals surface area contributed by atoms with Crippen molar-refractivity contribution in [3.05, 3.63) is 95.9 Å². The highest BCUT2D eigenvalue weighted by atomic mass is 16.5. The molecule has 0 bridgehead atoms. The number of aryl methyl sites for hydroxylation is 2. The smallest absolute Gasteiger partial charge is 0.322 e. The number of ether oxygens (including phenoxy) is 1. The van der Waals surface area contributed by atoms with Crippen LogP contribution in [0.5, 0.6) is 11.8 Å². The van der Waals surface area contributed by atoms with E-state index in [0.29, 0.717) is 17.0 Å². The van der Waals surface area contributed by atoms with Crippen molar-refractivity contribution in [3.8, 4) is 23.0 Å². The van der Waals surface area contributed by atoms with E-state index >= 15 is 0 Å². The van der Waals surface area contributed by atoms with Crippen LogP contribution in [0, 0.1) is 13.8 Å². The lowest BCUT2D eigenvalue weighted by Crippen LogP contribution is -2.12. The average molecular weight is 398 g/mol. The van der Waals surface area contributed by atoms with Crippen molar-refractivity contribution < 1.29 is 11.0 Å². The highest BCUT2D eigenvalue weighted by molar-refractivity contribution is 6.04. The molecule has 4 aromatic rings. The Morgan fingerprint density at radius 3 is 2.70 bits per heavy atom. The standard InChI is InChI=1S/C24H20N4O2.H2/c1-16-5-3-6-18(13-16)23(29)27-20-9-8-17(2)22(14-20)30-24-26-12-10-21(28-24)19-7-4-11-25-15-19;/h3-15H,1-2H3,(H,27,29);1H. The van der Waals surface area contributed by atoms with Gasteiger partial charge in [-0.1, -0.05) is 23.8 Å². The van der Waals surface area contributed by atoms with Gasteiger partial charge in [0.05, 0.1) is 5.69 Å². The number of pyridine rings is 1. The van der Waals surface area contributed by atoms with Crippen LogP contribution in [-0.4, -0.2) is 20.9 Å². The lowest BCUT2D eigenvalue weighted by atomic mass is 10.1. The van der Waals surface area contributed by atoms with Crippen molar-refractivity contribution in [1.82, 2.24) is 15.0 Å². The second kappa shape index (κ2) is 8.53. The Morgan fingerprint density at radius 1 is 1.00 bits per heavy atom. The number of anilines is 1. The molecule has 0 saturated heterocycles. The van der Waals surface area contributed by atoms with Crippen molar-refractivity contribution in [1.29, 1.82) is 0 Å². The SMILES string of the molecule is Cc1cccc(C(=O)Nc2ccc(C)c(Oc3nccc(-c4cccnc4)n3)c2)c1.[HH]. The zero-order valence-electron chi connectivity index (χ0n) is 16.7. The summed E-state index contributed by atoms with van der Waals surface area (Å²) in [6.45, 7) is 3.88. The van der Waals surface area contributed by atoms with E-state index in [1.165, 1.54) is 0 Å². The van der Waals surface area contributed by atoms with Crippen LogP contribution in [0.3, 0.4) is 0 Å². The molecule has 2 aromatic carbocycles. The second-order valence-electron chi connectivity index (χ2n) is 6.87. The molecule has 1 N–H and O–H groups in total. The minimum absolute atomic E-state index is 0. The van der Waals surface area contributed by atoms with Gasteiger partial charge in [0.25, 0.3) is 5.91 Å². The zero-order chi connectivity index (χ0) is 20.9. The zero-order valence-corrected chi connectivity index (χ0v) is 16.7. The lowest BCUT2D eigenvalue weighted by molar-refractivity contribution is 0.102. The first kappa shape index (κ1) is 19.3. The summed E-state index contributed by atoms with van der Waals surface area (Å²) in [6, 6.07) is 18.7. The molecule has 2 heterocycles. The second-order valence-corrected chi connectivity index (χ2v) is 6.87. The molecular formula is C24H22N4O2. The van der Waals surface area contributed by atoms with Crippen LogP contribution in [0.4, 0.5) is 5.69 Å². The normalized spacial score (nSPS) is 10.5. The van der Waals surface area contributed by atoms with E-state index in [1.807, 2.05) is 56.3 Å². The van der Waals surface area contributed by atoms with Gasteiger partial charge in [-0.25, -0.2) is 4.98 Å². The van der Waals surface area contributed by atoms with Gasteiger partial charge in [-0.05, 0) is 55.8 Å². The number of nitrogens with zero attached hydrogens (tertiary/aromatic N) is 3. The van der Waals surface area contributed by atoms with E-state index in [-0.39, 0.29) is 13.3 Å². The number of nitrogens with one attached hydrogen (secondary N) is 1. The van der Waals surface area contributed by atoms with Crippen LogP contribution in [0.1, 0.15) is 22.9 Å². The van der Waals surface area contributed by atoms with Crippen molar-refractivity contribution in [3.63, 3.8) is 0 Å². The van der Waals surface area contributed by atoms with E-state index in [1.54, 1.807) is 36.8 Å². The Morgan fingerprint density at radius 2 is 1.90 bits per heavy atom. The predicted octanol–water partition coefficient (Wildman–Crippen LogP) is 5.45. The molecule has 0 unspecified atom stereocenters. The number of aromatic nitrogens is 3. The molecule has 2 aromatic heterocycles. The molecule has 0 aliphatic rings. The number of hydrogen-bond donors (Lipinski definition) is 1. The summed E-state index contributed by atoms with van der Waals surface area (Å²) in [5.41, 5.74) is 4.76. The molecule has 0 spiro atoms. The fourth-order valence-electron chi connectivity index (χ4n) is 2.94. The van der Waals surface area contributed by atoms with E-state index in [4.69, 9.17) is 4.74 Å². The fourth-order valence-corrected chi connectivity index (χ4v) is 2.94. The fraction of sp³-hybridized carbons (Fsp3) is 0.0833. The summed E-state index contributed by atoms with van der Waals surface area (Å²) in [5, 5.41) is 2.91. The molecule has 150 valence electrons. The average Bonchev–Trinajstić information content (AvgIpc) is 2.77. The maximum atomic E-state index is 12.5. The molecule has 30 heavy (non-hydrogen) atoms. The topological polar surface area (TPSA) is 77.0 Å². The van der Waals surface area contributed by atoms with Crippen molar-refractivity contribution in [2.24, 2.45) is 0 Å². The predicted molar refractivity (Wildman–Crippen MR) is 118 cm³/mol. The van der Waals surface area contributed by atoms with Crippen LogP contribution < -0.4 is 10.1 Å². The molecule has 0 saturated carbocycles. The summed E-state index contributed by atoms with van der Waals surface area (Å²) < 4.78 is 5.92. The molecule has 0 atom stereocenters. The molecule has 6 nitrogen and oxygen atoms in total. The van der Waals surface area contributed by atoms with Crippen LogP contribution in [0.2, 0.25) is 0 Å². The van der Waals surface area contributed by atoms with Crippen molar-refractivity contribution in [2.75, 3.05) is 5.32 Å². The summed E-state index contributed by atoms with van der Waals surface area (Å²) in [6.07, 6.45) is 5.09. The number of carbonyl (C=O) groups is 1. The highest BCUT2D eigenvalue weighted by Gasteiger charge is 2.10. The number of rotatable bonds is 5. The molecular weight excluding hydrogens is 376 g/mol. The minimum atomic E-state index is -0.177. The van der Waals surface area contributed by atoms with E-state index in [2.05, 4.69) is 20.3 Å². The van der Waals surface area contributed by atoms with E-state index in [9.17, 15) is 4.79 Å². The largest absolute Gasteiger partial charge is 0.424 e. The van der Waals surface area contributed by atoms with Gasteiger partial charge in [0.1, 0.15) is 5.75 Å². The number of carbonyl (C=O) groups excluding carboxylic acids is 1. The van der Waals surface area contributed by atoms with Gasteiger partial charge in [-0.2, -0.15) is 4.98 Å². The monoisotopic (exact) mass is 398 g/mol. The van der Waals surface area contributed by atoms with Crippen molar-refractivity contribution >= 4 is 11.6 Å². The quantitative estimate of drug-likeness (QED) is 0.484. The Hall–Kier alpha value is -4.06. The summed E-state index contributed by atoms with van der Waals surface area (Å²) in [4.78, 5) is 25.3. The van der Waals surface area contributed by atoms with Crippen molar-refractivity contribution in [2.45, 2.75) is 13.8 Å². The number of amides is 1. The Balaban J connectivity index is 0.00000272. The van der Waals surface area contributed by atoms with E-state index < -0.39 is 0 Å². The Kier molecular flexibility index (Phi) is 5.48. The van der Waals surface area contributed by atoms with Gasteiger partial charge in [-0.3, -0.25) is 9.78 Å². The third kappa shape index (κ3) is 4.50. The summed E-state index contributed by atoms with van der Waals surface area (Å²) in [7, 11) is 0. The van der Waals surface area contributed by atoms with E-state index in [0.717, 1.165) is 22.4 Å². The molecule has 6 heteroatoms. The number of benzene rings is 2. The molecule has 0 radical (unpaired) electrons. The van der Waals surface area contributed by atoms with Gasteiger partial charge >= 0.3 is 6.01 Å². The Labute approximate surface area is 176 Å². The first-order valence-corrected chi connectivity index (χ1v) is 9.48. The summed E-state index contributed by atoms with van der Waals surface area (Å²) in [5.74, 6) is 0.392. The first-order chi connectivity index (χ1) is 14.6. The van der Waals surface area contributed by atoms with Crippen LogP contribution in [0.15, 0.2) is 79.3 Å². The van der Waals surface area contributed by atoms with Gasteiger partial charge in [-0.15, -0.1) is 0 Å². The molecule has 4 rings (SSSR count). The summed E-state index contributed by atoms with van der Waals surface area (Å²) >= 11 is 0. The highest BCUT2D eigenvalue weighted by Crippen LogP contribution is 2.27. The van der Waals surface area contributed by atoms with Gasteiger partial charge < -0.3 is 10.1 Å². The first-order valence-electron chi connectivity index (χ1n) is 9.48. The Bertz CT molecular complexity index is 1200. The van der Waals surface area contributed by atoms with Crippen LogP contribution >= 0.6 is 0 Å². The molecule has 1 amide bonds. The third-order valence-electron chi connectivity index (χ3n) is 4.52. The lowest BCUT2D eigenvalue weighted by Gasteiger charge is -2.11. The van der Waals surface area contributed by atoms with Gasteiger partial charge in [0.15, 0.2) is 0 Å². The number of hydrogen-bond acceptors (Lipinski definition) is 5. The molecule has 0 fully saturated rings. The minimum Gasteiger partial charge on any atom is -0.424 e. The van der Waals surface area contributed by atoms with Gasteiger partial charge in [0.2, 0.25) is 0 Å².